The van der Waals surface area contributed by atoms with Crippen LogP contribution in [0.25, 0.3) is 20.4 Å². The van der Waals surface area contributed by atoms with Crippen molar-refractivity contribution >= 4 is 53.0 Å². The molecule has 3 aromatic heterocycles. The number of hydrogen-bond acceptors (Lipinski definition) is 6. The second-order valence-electron chi connectivity index (χ2n) is 6.85. The Labute approximate surface area is 162 Å². The van der Waals surface area contributed by atoms with Crippen LogP contribution in [-0.2, 0) is 23.1 Å². The average molecular weight is 400 g/mol. The standard InChI is InChI=1S/C19H21N5OS2/c1-11-12(2)21-22-19-15(11)16-17(26-19)18(23-24(16)3)20-10-13-6-8-14(9-7-13)27(4,5)25/h6-9H,4,10H2,1-3,5H3,(H,20,23). The Hall–Kier alpha value is -2.45. The van der Waals surface area contributed by atoms with Crippen LogP contribution >= 0.6 is 11.3 Å². The summed E-state index contributed by atoms with van der Waals surface area (Å²) in [5.41, 5.74) is 4.27. The molecule has 0 fully saturated rings. The van der Waals surface area contributed by atoms with E-state index in [-0.39, 0.29) is 0 Å². The van der Waals surface area contributed by atoms with Gasteiger partial charge in [0.15, 0.2) is 5.82 Å². The zero-order valence-electron chi connectivity index (χ0n) is 15.7. The molecule has 1 atom stereocenters. The van der Waals surface area contributed by atoms with Crippen molar-refractivity contribution in [2.24, 2.45) is 7.05 Å². The van der Waals surface area contributed by atoms with E-state index >= 15 is 0 Å². The molecule has 1 aromatic carbocycles. The van der Waals surface area contributed by atoms with Gasteiger partial charge in [-0.05, 0) is 52.5 Å². The molecule has 4 aromatic rings. The minimum absolute atomic E-state index is 0.631. The highest BCUT2D eigenvalue weighted by Gasteiger charge is 2.18. The van der Waals surface area contributed by atoms with Crippen LogP contribution in [-0.4, -0.2) is 36.3 Å². The van der Waals surface area contributed by atoms with Gasteiger partial charge in [-0.3, -0.25) is 8.89 Å². The maximum Gasteiger partial charge on any atom is 0.166 e. The molecule has 0 amide bonds. The van der Waals surface area contributed by atoms with E-state index in [0.29, 0.717) is 6.54 Å². The van der Waals surface area contributed by atoms with Gasteiger partial charge in [0.05, 0.1) is 15.9 Å². The van der Waals surface area contributed by atoms with E-state index < -0.39 is 9.52 Å². The summed E-state index contributed by atoms with van der Waals surface area (Å²) in [5.74, 6) is 4.57. The van der Waals surface area contributed by atoms with Gasteiger partial charge in [0, 0.05) is 30.1 Å². The third kappa shape index (κ3) is 3.08. The van der Waals surface area contributed by atoms with Crippen molar-refractivity contribution in [1.29, 1.82) is 0 Å². The summed E-state index contributed by atoms with van der Waals surface area (Å²) in [6.07, 6.45) is 1.65. The lowest BCUT2D eigenvalue weighted by Crippen LogP contribution is -2.02. The number of aryl methyl sites for hydroxylation is 3. The minimum Gasteiger partial charge on any atom is -0.363 e. The molecule has 3 heterocycles. The summed E-state index contributed by atoms with van der Waals surface area (Å²) in [4.78, 5) is 1.70. The number of benzene rings is 1. The predicted molar refractivity (Wildman–Crippen MR) is 114 cm³/mol. The van der Waals surface area contributed by atoms with Gasteiger partial charge in [-0.15, -0.1) is 16.4 Å². The minimum atomic E-state index is -2.18. The predicted octanol–water partition coefficient (Wildman–Crippen LogP) is 3.51. The largest absolute Gasteiger partial charge is 0.363 e. The second kappa shape index (κ2) is 6.31. The number of hydrogen-bond donors (Lipinski definition) is 1. The van der Waals surface area contributed by atoms with E-state index in [4.69, 9.17) is 0 Å². The topological polar surface area (TPSA) is 72.7 Å². The van der Waals surface area contributed by atoms with Gasteiger partial charge in [-0.25, -0.2) is 0 Å². The van der Waals surface area contributed by atoms with E-state index in [1.165, 1.54) is 0 Å². The van der Waals surface area contributed by atoms with E-state index in [1.54, 1.807) is 17.6 Å². The molecule has 0 aliphatic rings. The Morgan fingerprint density at radius 3 is 2.59 bits per heavy atom. The highest BCUT2D eigenvalue weighted by molar-refractivity contribution is 7.99. The molecule has 0 saturated heterocycles. The van der Waals surface area contributed by atoms with Crippen LogP contribution < -0.4 is 5.32 Å². The molecule has 4 rings (SSSR count). The lowest BCUT2D eigenvalue weighted by atomic mass is 10.1. The highest BCUT2D eigenvalue weighted by Crippen LogP contribution is 2.38. The van der Waals surface area contributed by atoms with Crippen LogP contribution in [0.3, 0.4) is 0 Å². The Morgan fingerprint density at radius 1 is 1.22 bits per heavy atom. The van der Waals surface area contributed by atoms with Gasteiger partial charge in [0.2, 0.25) is 0 Å². The number of anilines is 1. The van der Waals surface area contributed by atoms with Crippen LogP contribution in [0.1, 0.15) is 16.8 Å². The van der Waals surface area contributed by atoms with Crippen LogP contribution in [0, 0.1) is 13.8 Å². The first-order chi connectivity index (χ1) is 12.8. The van der Waals surface area contributed by atoms with Crippen molar-refractivity contribution in [3.63, 3.8) is 0 Å². The van der Waals surface area contributed by atoms with Gasteiger partial charge in [-0.2, -0.15) is 10.2 Å². The summed E-state index contributed by atoms with van der Waals surface area (Å²) in [6.45, 7) is 4.69. The lowest BCUT2D eigenvalue weighted by Gasteiger charge is -2.06. The quantitative estimate of drug-likeness (QED) is 0.532. The third-order valence-corrected chi connectivity index (χ3v) is 7.08. The van der Waals surface area contributed by atoms with Crippen LogP contribution in [0.2, 0.25) is 0 Å². The Balaban J connectivity index is 1.68. The van der Waals surface area contributed by atoms with Crippen LogP contribution in [0.4, 0.5) is 5.82 Å². The van der Waals surface area contributed by atoms with E-state index in [9.17, 15) is 4.21 Å². The number of nitrogens with zero attached hydrogens (tertiary/aromatic N) is 4. The maximum absolute atomic E-state index is 12.0. The number of thiophene rings is 1. The molecule has 1 N–H and O–H groups in total. The van der Waals surface area contributed by atoms with Gasteiger partial charge < -0.3 is 5.32 Å². The van der Waals surface area contributed by atoms with Crippen molar-refractivity contribution in [2.45, 2.75) is 25.3 Å². The van der Waals surface area contributed by atoms with Gasteiger partial charge >= 0.3 is 0 Å². The van der Waals surface area contributed by atoms with E-state index in [2.05, 4.69) is 33.4 Å². The Kier molecular flexibility index (Phi) is 4.20. The second-order valence-corrected chi connectivity index (χ2v) is 10.3. The normalized spacial score (nSPS) is 13.9. The van der Waals surface area contributed by atoms with Gasteiger partial charge in [0.25, 0.3) is 0 Å². The van der Waals surface area contributed by atoms with Crippen LogP contribution in [0.5, 0.6) is 0 Å². The number of aromatic nitrogens is 4. The molecule has 140 valence electrons. The fourth-order valence-electron chi connectivity index (χ4n) is 3.11. The fraction of sp³-hybridized carbons (Fsp3) is 0.263. The smallest absolute Gasteiger partial charge is 0.166 e. The summed E-state index contributed by atoms with van der Waals surface area (Å²) in [6, 6.07) is 7.70. The lowest BCUT2D eigenvalue weighted by molar-refractivity contribution is 0.685. The molecular weight excluding hydrogens is 378 g/mol. The third-order valence-electron chi connectivity index (χ3n) is 4.74. The first-order valence-corrected chi connectivity index (χ1v) is 11.4. The Morgan fingerprint density at radius 2 is 1.93 bits per heavy atom. The summed E-state index contributed by atoms with van der Waals surface area (Å²) in [5, 5.41) is 17.8. The molecule has 8 heteroatoms. The molecule has 0 spiro atoms. The van der Waals surface area contributed by atoms with Gasteiger partial charge in [-0.1, -0.05) is 12.1 Å². The molecule has 1 unspecified atom stereocenters. The number of fused-ring (bicyclic) bond motifs is 3. The Bertz CT molecular complexity index is 1270. The average Bonchev–Trinajstić information content (AvgIpc) is 3.14. The van der Waals surface area contributed by atoms with Crippen molar-refractivity contribution in [1.82, 2.24) is 20.0 Å². The molecule has 0 saturated carbocycles. The van der Waals surface area contributed by atoms with Crippen molar-refractivity contribution in [3.8, 4) is 0 Å². The fourth-order valence-corrected chi connectivity index (χ4v) is 4.99. The molecule has 0 aliphatic heterocycles. The van der Waals surface area contributed by atoms with Crippen molar-refractivity contribution < 1.29 is 4.21 Å². The molecule has 0 aliphatic carbocycles. The van der Waals surface area contributed by atoms with Crippen molar-refractivity contribution in [2.75, 3.05) is 11.6 Å². The summed E-state index contributed by atoms with van der Waals surface area (Å²) < 4.78 is 15.0. The first kappa shape index (κ1) is 17.9. The summed E-state index contributed by atoms with van der Waals surface area (Å²) >= 11 is 1.61. The van der Waals surface area contributed by atoms with E-state index in [0.717, 1.165) is 48.0 Å². The SMILES string of the molecule is C=S(C)(=O)c1ccc(CNc2nn(C)c3c2sc2nnc(C)c(C)c23)cc1. The zero-order valence-corrected chi connectivity index (χ0v) is 17.4. The van der Waals surface area contributed by atoms with Crippen LogP contribution in [0.15, 0.2) is 29.2 Å². The van der Waals surface area contributed by atoms with E-state index in [1.807, 2.05) is 42.9 Å². The summed E-state index contributed by atoms with van der Waals surface area (Å²) in [7, 11) is -0.228. The zero-order chi connectivity index (χ0) is 19.3. The molecule has 0 radical (unpaired) electrons. The molecule has 0 bridgehead atoms. The highest BCUT2D eigenvalue weighted by atomic mass is 32.2. The first-order valence-electron chi connectivity index (χ1n) is 8.50. The number of nitrogens with one attached hydrogen (secondary N) is 1. The van der Waals surface area contributed by atoms with Gasteiger partial charge in [0.1, 0.15) is 4.83 Å². The monoisotopic (exact) mass is 399 g/mol. The molecule has 6 nitrogen and oxygen atoms in total. The molecular formula is C19H21N5OS2. The number of rotatable bonds is 4. The van der Waals surface area contributed by atoms with Crippen molar-refractivity contribution in [3.05, 3.63) is 41.1 Å². The maximum atomic E-state index is 12.0. The molecule has 27 heavy (non-hydrogen) atoms.